The Morgan fingerprint density at radius 1 is 1.25 bits per heavy atom. The second-order valence-electron chi connectivity index (χ2n) is 7.23. The first-order valence-electron chi connectivity index (χ1n) is 8.72. The molecule has 2 rings (SSSR count). The highest BCUT2D eigenvalue weighted by Gasteiger charge is 2.20. The predicted octanol–water partition coefficient (Wildman–Crippen LogP) is 2.73. The fraction of sp³-hybridized carbons (Fsp3) is 0.579. The second-order valence-corrected chi connectivity index (χ2v) is 7.23. The van der Waals surface area contributed by atoms with Gasteiger partial charge in [-0.15, -0.1) is 0 Å². The summed E-state index contributed by atoms with van der Waals surface area (Å²) in [6, 6.07) is 7.22. The van der Waals surface area contributed by atoms with E-state index in [9.17, 15) is 14.7 Å². The van der Waals surface area contributed by atoms with E-state index < -0.39 is 0 Å². The van der Waals surface area contributed by atoms with Crippen LogP contribution in [0.15, 0.2) is 24.3 Å². The quantitative estimate of drug-likeness (QED) is 0.754. The Hall–Kier alpha value is -1.88. The van der Waals surface area contributed by atoms with E-state index in [4.69, 9.17) is 0 Å². The van der Waals surface area contributed by atoms with Gasteiger partial charge < -0.3 is 15.3 Å². The van der Waals surface area contributed by atoms with Gasteiger partial charge in [-0.2, -0.15) is 0 Å². The highest BCUT2D eigenvalue weighted by atomic mass is 16.3. The Morgan fingerprint density at radius 2 is 1.96 bits per heavy atom. The standard InChI is InChI=1S/C19H28N2O3/c1-19(2,14-22)11-5-12-20-18(24)15-7-9-16(10-8-15)21-13-4-3-6-17(21)23/h7-10,22H,3-6,11-14H2,1-2H3,(H,20,24). The first-order valence-corrected chi connectivity index (χ1v) is 8.72. The molecule has 1 aromatic rings. The number of carbonyl (C=O) groups excluding carboxylic acids is 2. The van der Waals surface area contributed by atoms with E-state index in [2.05, 4.69) is 5.32 Å². The molecular weight excluding hydrogens is 304 g/mol. The monoisotopic (exact) mass is 332 g/mol. The zero-order valence-corrected chi connectivity index (χ0v) is 14.7. The number of aliphatic hydroxyl groups excluding tert-OH is 1. The van der Waals surface area contributed by atoms with Gasteiger partial charge >= 0.3 is 0 Å². The van der Waals surface area contributed by atoms with Gasteiger partial charge in [0.2, 0.25) is 5.91 Å². The van der Waals surface area contributed by atoms with E-state index in [1.807, 2.05) is 26.0 Å². The normalized spacial score (nSPS) is 15.5. The van der Waals surface area contributed by atoms with Crippen molar-refractivity contribution in [2.75, 3.05) is 24.6 Å². The van der Waals surface area contributed by atoms with Crippen molar-refractivity contribution in [1.29, 1.82) is 0 Å². The molecule has 1 aromatic carbocycles. The molecule has 0 atom stereocenters. The van der Waals surface area contributed by atoms with Crippen molar-refractivity contribution in [2.24, 2.45) is 5.41 Å². The van der Waals surface area contributed by atoms with E-state index in [0.29, 0.717) is 18.5 Å². The lowest BCUT2D eigenvalue weighted by Crippen LogP contribution is -2.35. The molecule has 0 aliphatic carbocycles. The van der Waals surface area contributed by atoms with Crippen molar-refractivity contribution in [3.63, 3.8) is 0 Å². The van der Waals surface area contributed by atoms with E-state index in [1.165, 1.54) is 0 Å². The molecule has 2 N–H and O–H groups in total. The molecule has 2 amide bonds. The lowest BCUT2D eigenvalue weighted by atomic mass is 9.89. The Bertz CT molecular complexity index is 566. The molecule has 1 aliphatic rings. The fourth-order valence-electron chi connectivity index (χ4n) is 2.82. The number of nitrogens with zero attached hydrogens (tertiary/aromatic N) is 1. The van der Waals surface area contributed by atoms with Gasteiger partial charge in [0.25, 0.3) is 5.91 Å². The molecule has 1 aliphatic heterocycles. The van der Waals surface area contributed by atoms with Gasteiger partial charge in [0.1, 0.15) is 0 Å². The summed E-state index contributed by atoms with van der Waals surface area (Å²) in [6.45, 7) is 5.52. The van der Waals surface area contributed by atoms with Gasteiger partial charge in [-0.25, -0.2) is 0 Å². The zero-order chi connectivity index (χ0) is 17.6. The topological polar surface area (TPSA) is 69.6 Å². The van der Waals surface area contributed by atoms with Crippen molar-refractivity contribution in [1.82, 2.24) is 5.32 Å². The zero-order valence-electron chi connectivity index (χ0n) is 14.7. The molecule has 0 unspecified atom stereocenters. The van der Waals surface area contributed by atoms with Crippen LogP contribution < -0.4 is 10.2 Å². The largest absolute Gasteiger partial charge is 0.396 e. The third-order valence-electron chi connectivity index (χ3n) is 4.51. The maximum Gasteiger partial charge on any atom is 0.251 e. The molecule has 1 heterocycles. The summed E-state index contributed by atoms with van der Waals surface area (Å²) in [5, 5.41) is 12.1. The highest BCUT2D eigenvalue weighted by Crippen LogP contribution is 2.22. The smallest absolute Gasteiger partial charge is 0.251 e. The van der Waals surface area contributed by atoms with Crippen LogP contribution in [-0.4, -0.2) is 36.6 Å². The summed E-state index contributed by atoms with van der Waals surface area (Å²) in [5.41, 5.74) is 1.36. The molecule has 0 spiro atoms. The van der Waals surface area contributed by atoms with Crippen molar-refractivity contribution in [3.05, 3.63) is 29.8 Å². The highest BCUT2D eigenvalue weighted by molar-refractivity contribution is 5.96. The molecule has 0 radical (unpaired) electrons. The number of piperidine rings is 1. The Labute approximate surface area is 144 Å². The van der Waals surface area contributed by atoms with E-state index in [0.717, 1.165) is 37.9 Å². The van der Waals surface area contributed by atoms with Gasteiger partial charge in [0.15, 0.2) is 0 Å². The van der Waals surface area contributed by atoms with E-state index >= 15 is 0 Å². The molecule has 1 fully saturated rings. The summed E-state index contributed by atoms with van der Waals surface area (Å²) in [4.78, 5) is 25.9. The number of rotatable bonds is 7. The van der Waals surface area contributed by atoms with Crippen LogP contribution >= 0.6 is 0 Å². The third kappa shape index (κ3) is 5.06. The SMILES string of the molecule is CC(C)(CO)CCCNC(=O)c1ccc(N2CCCCC2=O)cc1. The molecule has 0 saturated carbocycles. The molecule has 0 bridgehead atoms. The van der Waals surface area contributed by atoms with Crippen LogP contribution in [0.5, 0.6) is 0 Å². The fourth-order valence-corrected chi connectivity index (χ4v) is 2.82. The lowest BCUT2D eigenvalue weighted by molar-refractivity contribution is -0.119. The number of hydrogen-bond acceptors (Lipinski definition) is 3. The van der Waals surface area contributed by atoms with Gasteiger partial charge in [-0.3, -0.25) is 9.59 Å². The number of nitrogens with one attached hydrogen (secondary N) is 1. The molecule has 5 nitrogen and oxygen atoms in total. The van der Waals surface area contributed by atoms with Crippen LogP contribution in [-0.2, 0) is 4.79 Å². The molecule has 24 heavy (non-hydrogen) atoms. The van der Waals surface area contributed by atoms with Gasteiger partial charge in [0.05, 0.1) is 0 Å². The molecule has 1 saturated heterocycles. The predicted molar refractivity (Wildman–Crippen MR) is 95.1 cm³/mol. The summed E-state index contributed by atoms with van der Waals surface area (Å²) < 4.78 is 0. The number of aliphatic hydroxyl groups is 1. The van der Waals surface area contributed by atoms with Crippen molar-refractivity contribution >= 4 is 17.5 Å². The second kappa shape index (κ2) is 8.29. The third-order valence-corrected chi connectivity index (χ3v) is 4.51. The molecule has 5 heteroatoms. The minimum Gasteiger partial charge on any atom is -0.396 e. The molecular formula is C19H28N2O3. The summed E-state index contributed by atoms with van der Waals surface area (Å²) in [5.74, 6) is 0.0540. The summed E-state index contributed by atoms with van der Waals surface area (Å²) in [6.07, 6.45) is 4.28. The lowest BCUT2D eigenvalue weighted by Gasteiger charge is -2.26. The van der Waals surface area contributed by atoms with Crippen LogP contribution in [0.4, 0.5) is 5.69 Å². The first kappa shape index (κ1) is 18.5. The van der Waals surface area contributed by atoms with Gasteiger partial charge in [-0.1, -0.05) is 13.8 Å². The van der Waals surface area contributed by atoms with Crippen LogP contribution in [0.2, 0.25) is 0 Å². The van der Waals surface area contributed by atoms with Crippen LogP contribution in [0.1, 0.15) is 56.3 Å². The maximum atomic E-state index is 12.1. The van der Waals surface area contributed by atoms with Crippen molar-refractivity contribution in [3.8, 4) is 0 Å². The number of hydrogen-bond donors (Lipinski definition) is 2. The number of amides is 2. The Kier molecular flexibility index (Phi) is 6.37. The van der Waals surface area contributed by atoms with Gasteiger partial charge in [-0.05, 0) is 55.4 Å². The summed E-state index contributed by atoms with van der Waals surface area (Å²) in [7, 11) is 0. The molecule has 132 valence electrons. The number of anilines is 1. The van der Waals surface area contributed by atoms with Crippen molar-refractivity contribution < 1.29 is 14.7 Å². The van der Waals surface area contributed by atoms with E-state index in [1.54, 1.807) is 17.0 Å². The number of benzene rings is 1. The minimum absolute atomic E-state index is 0.103. The van der Waals surface area contributed by atoms with Crippen LogP contribution in [0.25, 0.3) is 0 Å². The Morgan fingerprint density at radius 3 is 2.58 bits per heavy atom. The van der Waals surface area contributed by atoms with Crippen LogP contribution in [0.3, 0.4) is 0 Å². The summed E-state index contributed by atoms with van der Waals surface area (Å²) >= 11 is 0. The molecule has 0 aromatic heterocycles. The average molecular weight is 332 g/mol. The number of carbonyl (C=O) groups is 2. The van der Waals surface area contributed by atoms with Gasteiger partial charge in [0, 0.05) is 37.4 Å². The van der Waals surface area contributed by atoms with E-state index in [-0.39, 0.29) is 23.8 Å². The minimum atomic E-state index is -0.104. The maximum absolute atomic E-state index is 12.1. The average Bonchev–Trinajstić information content (AvgIpc) is 2.59. The van der Waals surface area contributed by atoms with Crippen LogP contribution in [0, 0.1) is 5.41 Å². The Balaban J connectivity index is 1.84. The van der Waals surface area contributed by atoms with Crippen molar-refractivity contribution in [2.45, 2.75) is 46.0 Å². The first-order chi connectivity index (χ1) is 11.4.